The zero-order chi connectivity index (χ0) is 16.7. The first-order chi connectivity index (χ1) is 11.6. The summed E-state index contributed by atoms with van der Waals surface area (Å²) < 4.78 is 1.73. The fourth-order valence-corrected chi connectivity index (χ4v) is 3.90. The van der Waals surface area contributed by atoms with Gasteiger partial charge >= 0.3 is 0 Å². The lowest BCUT2D eigenvalue weighted by Gasteiger charge is -2.41. The average molecular weight is 360 g/mol. The Labute approximate surface area is 149 Å². The summed E-state index contributed by atoms with van der Waals surface area (Å²) in [7, 11) is 0. The number of nitrogens with zero attached hydrogens (tertiary/aromatic N) is 3. The molecule has 0 aliphatic heterocycles. The number of fused-ring (bicyclic) bond motifs is 1. The van der Waals surface area contributed by atoms with E-state index in [1.54, 1.807) is 23.1 Å². The quantitative estimate of drug-likeness (QED) is 0.751. The molecule has 0 fully saturated rings. The third-order valence-electron chi connectivity index (χ3n) is 4.69. The predicted molar refractivity (Wildman–Crippen MR) is 93.3 cm³/mol. The molecule has 0 bridgehead atoms. The van der Waals surface area contributed by atoms with Crippen LogP contribution < -0.4 is 0 Å². The molecule has 3 aromatic rings. The minimum Gasteiger partial charge on any atom is -0.378 e. The molecule has 0 saturated carbocycles. The molecule has 1 heterocycles. The van der Waals surface area contributed by atoms with Crippen LogP contribution in [0, 0.1) is 0 Å². The summed E-state index contributed by atoms with van der Waals surface area (Å²) in [5.74, 6) is 0. The van der Waals surface area contributed by atoms with Gasteiger partial charge in [-0.2, -0.15) is 5.10 Å². The summed E-state index contributed by atoms with van der Waals surface area (Å²) in [5, 5.41) is 17.4. The zero-order valence-electron chi connectivity index (χ0n) is 12.7. The summed E-state index contributed by atoms with van der Waals surface area (Å²) in [5.41, 5.74) is 1.45. The maximum absolute atomic E-state index is 11.8. The van der Waals surface area contributed by atoms with Crippen molar-refractivity contribution < 1.29 is 5.11 Å². The van der Waals surface area contributed by atoms with Gasteiger partial charge in [0.2, 0.25) is 0 Å². The van der Waals surface area contributed by atoms with Crippen LogP contribution in [-0.2, 0) is 12.0 Å². The highest BCUT2D eigenvalue weighted by atomic mass is 35.5. The molecule has 0 saturated heterocycles. The lowest BCUT2D eigenvalue weighted by Crippen LogP contribution is -2.42. The minimum absolute atomic E-state index is 0.255. The molecular weight excluding hydrogens is 345 g/mol. The van der Waals surface area contributed by atoms with Gasteiger partial charge in [-0.25, -0.2) is 9.67 Å². The largest absolute Gasteiger partial charge is 0.378 e. The van der Waals surface area contributed by atoms with Crippen molar-refractivity contribution in [2.24, 2.45) is 0 Å². The average Bonchev–Trinajstić information content (AvgIpc) is 3.09. The van der Waals surface area contributed by atoms with E-state index < -0.39 is 5.60 Å². The highest BCUT2D eigenvalue weighted by molar-refractivity contribution is 6.30. The third kappa shape index (κ3) is 2.42. The van der Waals surface area contributed by atoms with Crippen LogP contribution in [0.5, 0.6) is 0 Å². The van der Waals surface area contributed by atoms with Crippen molar-refractivity contribution in [1.82, 2.24) is 14.8 Å². The van der Waals surface area contributed by atoms with E-state index in [4.69, 9.17) is 23.2 Å². The molecule has 4 rings (SSSR count). The fourth-order valence-electron chi connectivity index (χ4n) is 3.58. The molecule has 1 N–H and O–H groups in total. The molecule has 122 valence electrons. The van der Waals surface area contributed by atoms with E-state index in [2.05, 4.69) is 10.1 Å². The molecule has 1 aliphatic carbocycles. The summed E-state index contributed by atoms with van der Waals surface area (Å²) >= 11 is 12.2. The van der Waals surface area contributed by atoms with Gasteiger partial charge in [0, 0.05) is 10.0 Å². The second-order valence-corrected chi connectivity index (χ2v) is 6.88. The monoisotopic (exact) mass is 359 g/mol. The topological polar surface area (TPSA) is 50.9 Å². The van der Waals surface area contributed by atoms with E-state index in [0.717, 1.165) is 29.5 Å². The highest BCUT2D eigenvalue weighted by Gasteiger charge is 2.45. The van der Waals surface area contributed by atoms with E-state index >= 15 is 0 Å². The van der Waals surface area contributed by atoms with Gasteiger partial charge in [-0.1, -0.05) is 41.4 Å². The second kappa shape index (κ2) is 5.88. The molecule has 1 aromatic heterocycles. The molecule has 2 unspecified atom stereocenters. The first-order valence-electron chi connectivity index (χ1n) is 7.70. The van der Waals surface area contributed by atoms with Gasteiger partial charge in [0.05, 0.1) is 6.04 Å². The van der Waals surface area contributed by atoms with Crippen LogP contribution in [0.3, 0.4) is 0 Å². The second-order valence-electron chi connectivity index (χ2n) is 6.00. The first-order valence-corrected chi connectivity index (χ1v) is 8.46. The standard InChI is InChI=1S/C18H15Cl2N3O/c19-14-4-2-13(3-5-14)18(24)16-7-6-15(20)9-12(16)1-8-17(18)23-11-21-10-22-23/h2-7,9-11,17,24H,1,8H2. The van der Waals surface area contributed by atoms with Crippen molar-refractivity contribution in [3.63, 3.8) is 0 Å². The molecule has 2 atom stereocenters. The maximum Gasteiger partial charge on any atom is 0.137 e. The Morgan fingerprint density at radius 3 is 2.54 bits per heavy atom. The number of aliphatic hydroxyl groups is 1. The lowest BCUT2D eigenvalue weighted by molar-refractivity contribution is 0.00535. The summed E-state index contributed by atoms with van der Waals surface area (Å²) in [6.07, 6.45) is 4.68. The van der Waals surface area contributed by atoms with Crippen LogP contribution >= 0.6 is 23.2 Å². The van der Waals surface area contributed by atoms with E-state index in [1.807, 2.05) is 30.3 Å². The van der Waals surface area contributed by atoms with Gasteiger partial charge in [0.15, 0.2) is 0 Å². The van der Waals surface area contributed by atoms with Gasteiger partial charge in [-0.15, -0.1) is 0 Å². The first kappa shape index (κ1) is 15.6. The number of aromatic nitrogens is 3. The van der Waals surface area contributed by atoms with Crippen LogP contribution in [0.25, 0.3) is 0 Å². The maximum atomic E-state index is 11.8. The number of rotatable bonds is 2. The molecular formula is C18H15Cl2N3O. The minimum atomic E-state index is -1.23. The predicted octanol–water partition coefficient (Wildman–Crippen LogP) is 4.01. The SMILES string of the molecule is OC1(c2ccc(Cl)cc2)c2ccc(Cl)cc2CCC1n1cncn1. The smallest absolute Gasteiger partial charge is 0.137 e. The van der Waals surface area contributed by atoms with Gasteiger partial charge in [-0.05, 0) is 53.8 Å². The summed E-state index contributed by atoms with van der Waals surface area (Å²) in [4.78, 5) is 4.04. The van der Waals surface area contributed by atoms with Crippen LogP contribution in [0.4, 0.5) is 0 Å². The van der Waals surface area contributed by atoms with E-state index in [9.17, 15) is 5.11 Å². The Hall–Kier alpha value is -1.88. The Bertz CT molecular complexity index is 864. The van der Waals surface area contributed by atoms with Crippen molar-refractivity contribution in [2.45, 2.75) is 24.5 Å². The van der Waals surface area contributed by atoms with E-state index in [-0.39, 0.29) is 6.04 Å². The van der Waals surface area contributed by atoms with Crippen molar-refractivity contribution in [3.8, 4) is 0 Å². The van der Waals surface area contributed by atoms with Crippen molar-refractivity contribution in [1.29, 1.82) is 0 Å². The molecule has 4 nitrogen and oxygen atoms in total. The van der Waals surface area contributed by atoms with Gasteiger partial charge in [0.25, 0.3) is 0 Å². The Balaban J connectivity index is 1.94. The van der Waals surface area contributed by atoms with Gasteiger partial charge < -0.3 is 5.11 Å². The fraction of sp³-hybridized carbons (Fsp3) is 0.222. The number of aryl methyl sites for hydroxylation is 1. The molecule has 0 radical (unpaired) electrons. The Kier molecular flexibility index (Phi) is 3.83. The van der Waals surface area contributed by atoms with Gasteiger partial charge in [-0.3, -0.25) is 0 Å². The number of hydrogen-bond donors (Lipinski definition) is 1. The van der Waals surface area contributed by atoms with E-state index in [0.29, 0.717) is 10.0 Å². The number of halogens is 2. The van der Waals surface area contributed by atoms with Crippen LogP contribution in [-0.4, -0.2) is 19.9 Å². The zero-order valence-corrected chi connectivity index (χ0v) is 14.2. The van der Waals surface area contributed by atoms with Crippen molar-refractivity contribution >= 4 is 23.2 Å². The molecule has 0 spiro atoms. The molecule has 2 aromatic carbocycles. The molecule has 0 amide bonds. The highest BCUT2D eigenvalue weighted by Crippen LogP contribution is 2.47. The summed E-state index contributed by atoms with van der Waals surface area (Å²) in [6.45, 7) is 0. The van der Waals surface area contributed by atoms with Crippen LogP contribution in [0.2, 0.25) is 10.0 Å². The van der Waals surface area contributed by atoms with Crippen molar-refractivity contribution in [2.75, 3.05) is 0 Å². The number of benzene rings is 2. The number of hydrogen-bond acceptors (Lipinski definition) is 3. The van der Waals surface area contributed by atoms with E-state index in [1.165, 1.54) is 6.33 Å². The molecule has 6 heteroatoms. The molecule has 24 heavy (non-hydrogen) atoms. The Morgan fingerprint density at radius 2 is 1.83 bits per heavy atom. The molecule has 1 aliphatic rings. The summed E-state index contributed by atoms with van der Waals surface area (Å²) in [6, 6.07) is 12.7. The Morgan fingerprint density at radius 1 is 1.08 bits per heavy atom. The van der Waals surface area contributed by atoms with Gasteiger partial charge in [0.1, 0.15) is 18.3 Å². The van der Waals surface area contributed by atoms with Crippen LogP contribution in [0.15, 0.2) is 55.1 Å². The lowest BCUT2D eigenvalue weighted by atomic mass is 9.72. The van der Waals surface area contributed by atoms with Crippen molar-refractivity contribution in [3.05, 3.63) is 81.9 Å². The van der Waals surface area contributed by atoms with Crippen LogP contribution in [0.1, 0.15) is 29.2 Å². The normalized spacial score (nSPS) is 23.0. The third-order valence-corrected chi connectivity index (χ3v) is 5.17.